The molecular formula is C19H21BFNO4. The summed E-state index contributed by atoms with van der Waals surface area (Å²) in [5.74, 6) is -0.111. The molecule has 0 unspecified atom stereocenters. The molecule has 2 aromatic carbocycles. The maximum absolute atomic E-state index is 14.0. The zero-order valence-corrected chi connectivity index (χ0v) is 15.2. The minimum atomic E-state index is -0.721. The van der Waals surface area contributed by atoms with Gasteiger partial charge in [-0.2, -0.15) is 0 Å². The molecule has 0 atom stereocenters. The van der Waals surface area contributed by atoms with Crippen LogP contribution >= 0.6 is 0 Å². The number of para-hydroxylation sites is 1. The van der Waals surface area contributed by atoms with Gasteiger partial charge in [-0.1, -0.05) is 18.2 Å². The monoisotopic (exact) mass is 357 g/mol. The lowest BCUT2D eigenvalue weighted by atomic mass is 9.79. The standard InChI is InChI=1S/C19H21BFNO4/c1-18(2)19(3,4)26-20(25-18)13-10-14(21)12-15(11-13)22-17(23)24-16-8-6-5-7-9-16/h5-12H,1-4H3,(H,22,23). The second-order valence-corrected chi connectivity index (χ2v) is 7.19. The van der Waals surface area contributed by atoms with Crippen molar-refractivity contribution in [2.45, 2.75) is 38.9 Å². The van der Waals surface area contributed by atoms with Crippen LogP contribution in [0.1, 0.15) is 27.7 Å². The molecule has 0 aliphatic carbocycles. The number of halogens is 1. The molecule has 1 amide bonds. The van der Waals surface area contributed by atoms with Gasteiger partial charge in [0, 0.05) is 5.69 Å². The minimum absolute atomic E-state index is 0.260. The van der Waals surface area contributed by atoms with E-state index in [0.717, 1.165) is 0 Å². The van der Waals surface area contributed by atoms with E-state index < -0.39 is 30.2 Å². The number of anilines is 1. The lowest BCUT2D eigenvalue weighted by Crippen LogP contribution is -2.41. The Hall–Kier alpha value is -2.38. The summed E-state index contributed by atoms with van der Waals surface area (Å²) in [6, 6.07) is 12.8. The molecule has 5 nitrogen and oxygen atoms in total. The Morgan fingerprint density at radius 3 is 2.27 bits per heavy atom. The lowest BCUT2D eigenvalue weighted by Gasteiger charge is -2.32. The largest absolute Gasteiger partial charge is 0.495 e. The van der Waals surface area contributed by atoms with Gasteiger partial charge in [-0.15, -0.1) is 0 Å². The molecule has 0 radical (unpaired) electrons. The number of nitrogens with one attached hydrogen (secondary N) is 1. The van der Waals surface area contributed by atoms with Crippen LogP contribution in [0.4, 0.5) is 14.9 Å². The van der Waals surface area contributed by atoms with Crippen molar-refractivity contribution in [2.75, 3.05) is 5.32 Å². The minimum Gasteiger partial charge on any atom is -0.410 e. The van der Waals surface area contributed by atoms with Gasteiger partial charge in [-0.25, -0.2) is 9.18 Å². The van der Waals surface area contributed by atoms with Crippen LogP contribution in [0.2, 0.25) is 0 Å². The fourth-order valence-electron chi connectivity index (χ4n) is 2.54. The average Bonchev–Trinajstić information content (AvgIpc) is 2.76. The summed E-state index contributed by atoms with van der Waals surface area (Å²) in [6.45, 7) is 7.68. The normalized spacial score (nSPS) is 17.8. The Morgan fingerprint density at radius 2 is 1.65 bits per heavy atom. The first-order chi connectivity index (χ1) is 12.2. The summed E-state index contributed by atoms with van der Waals surface area (Å²) in [7, 11) is -0.721. The van der Waals surface area contributed by atoms with Gasteiger partial charge in [0.1, 0.15) is 11.6 Å². The molecule has 0 spiro atoms. The molecule has 1 aliphatic heterocycles. The molecule has 1 aliphatic rings. The summed E-state index contributed by atoms with van der Waals surface area (Å²) in [6.07, 6.45) is -0.707. The Balaban J connectivity index is 1.75. The fraction of sp³-hybridized carbons (Fsp3) is 0.316. The Morgan fingerprint density at radius 1 is 1.04 bits per heavy atom. The van der Waals surface area contributed by atoms with Gasteiger partial charge < -0.3 is 14.0 Å². The lowest BCUT2D eigenvalue weighted by molar-refractivity contribution is 0.00578. The third-order valence-corrected chi connectivity index (χ3v) is 4.65. The fourth-order valence-corrected chi connectivity index (χ4v) is 2.54. The van der Waals surface area contributed by atoms with Gasteiger partial charge in [0.05, 0.1) is 11.2 Å². The van der Waals surface area contributed by atoms with Crippen LogP contribution in [-0.4, -0.2) is 24.4 Å². The van der Waals surface area contributed by atoms with Crippen molar-refractivity contribution in [3.8, 4) is 5.75 Å². The van der Waals surface area contributed by atoms with Crippen molar-refractivity contribution >= 4 is 24.4 Å². The molecule has 2 aromatic rings. The molecule has 1 fully saturated rings. The first-order valence-electron chi connectivity index (χ1n) is 8.36. The average molecular weight is 357 g/mol. The van der Waals surface area contributed by atoms with Crippen molar-refractivity contribution < 1.29 is 23.2 Å². The highest BCUT2D eigenvalue weighted by Crippen LogP contribution is 2.36. The van der Waals surface area contributed by atoms with E-state index >= 15 is 0 Å². The molecule has 1 saturated heterocycles. The quantitative estimate of drug-likeness (QED) is 0.851. The summed E-state index contributed by atoms with van der Waals surface area (Å²) in [4.78, 5) is 12.0. The van der Waals surface area contributed by atoms with E-state index in [0.29, 0.717) is 11.2 Å². The highest BCUT2D eigenvalue weighted by Gasteiger charge is 2.51. The van der Waals surface area contributed by atoms with Crippen LogP contribution in [0.15, 0.2) is 48.5 Å². The molecule has 136 valence electrons. The van der Waals surface area contributed by atoms with Crippen molar-refractivity contribution in [1.82, 2.24) is 0 Å². The second kappa shape index (κ2) is 6.74. The van der Waals surface area contributed by atoms with Gasteiger partial charge in [0.25, 0.3) is 0 Å². The van der Waals surface area contributed by atoms with E-state index in [1.54, 1.807) is 30.3 Å². The van der Waals surface area contributed by atoms with E-state index in [4.69, 9.17) is 14.0 Å². The number of carbonyl (C=O) groups excluding carboxylic acids is 1. The highest BCUT2D eigenvalue weighted by atomic mass is 19.1. The molecule has 3 rings (SSSR count). The number of hydrogen-bond acceptors (Lipinski definition) is 4. The summed E-state index contributed by atoms with van der Waals surface area (Å²) >= 11 is 0. The van der Waals surface area contributed by atoms with Crippen LogP contribution in [-0.2, 0) is 9.31 Å². The Kier molecular flexibility index (Phi) is 4.77. The maximum atomic E-state index is 14.0. The predicted molar refractivity (Wildman–Crippen MR) is 98.2 cm³/mol. The number of benzene rings is 2. The van der Waals surface area contributed by atoms with Crippen molar-refractivity contribution in [3.63, 3.8) is 0 Å². The van der Waals surface area contributed by atoms with Gasteiger partial charge in [-0.05, 0) is 63.5 Å². The SMILES string of the molecule is CC1(C)OB(c2cc(F)cc(NC(=O)Oc3ccccc3)c2)OC1(C)C. The second-order valence-electron chi connectivity index (χ2n) is 7.19. The number of ether oxygens (including phenoxy) is 1. The van der Waals surface area contributed by atoms with Crippen molar-refractivity contribution in [2.24, 2.45) is 0 Å². The maximum Gasteiger partial charge on any atom is 0.495 e. The van der Waals surface area contributed by atoms with Gasteiger partial charge in [0.15, 0.2) is 0 Å². The zero-order valence-electron chi connectivity index (χ0n) is 15.2. The summed E-state index contributed by atoms with van der Waals surface area (Å²) < 4.78 is 31.1. The van der Waals surface area contributed by atoms with Crippen molar-refractivity contribution in [1.29, 1.82) is 0 Å². The number of hydrogen-bond donors (Lipinski definition) is 1. The molecule has 1 N–H and O–H groups in total. The van der Waals surface area contributed by atoms with Gasteiger partial charge in [0.2, 0.25) is 0 Å². The van der Waals surface area contributed by atoms with E-state index in [2.05, 4.69) is 5.32 Å². The Labute approximate surface area is 152 Å². The Bertz CT molecular complexity index is 794. The van der Waals surface area contributed by atoms with Crippen LogP contribution in [0.5, 0.6) is 5.75 Å². The molecule has 7 heteroatoms. The third kappa shape index (κ3) is 3.89. The summed E-state index contributed by atoms with van der Waals surface area (Å²) in [5, 5.41) is 2.52. The van der Waals surface area contributed by atoms with Crippen molar-refractivity contribution in [3.05, 3.63) is 54.3 Å². The number of carbonyl (C=O) groups is 1. The molecular weight excluding hydrogens is 336 g/mol. The number of rotatable bonds is 3. The molecule has 0 bridgehead atoms. The van der Waals surface area contributed by atoms with Crippen LogP contribution in [0, 0.1) is 5.82 Å². The molecule has 1 heterocycles. The predicted octanol–water partition coefficient (Wildman–Crippen LogP) is 3.74. The third-order valence-electron chi connectivity index (χ3n) is 4.65. The van der Waals surface area contributed by atoms with Crippen LogP contribution < -0.4 is 15.5 Å². The number of amides is 1. The van der Waals surface area contributed by atoms with E-state index in [9.17, 15) is 9.18 Å². The van der Waals surface area contributed by atoms with Crippen LogP contribution in [0.3, 0.4) is 0 Å². The van der Waals surface area contributed by atoms with Gasteiger partial charge in [-0.3, -0.25) is 5.32 Å². The summed E-state index contributed by atoms with van der Waals surface area (Å²) in [5.41, 5.74) is -0.331. The van der Waals surface area contributed by atoms with E-state index in [-0.39, 0.29) is 5.69 Å². The molecule has 0 aromatic heterocycles. The topological polar surface area (TPSA) is 56.8 Å². The van der Waals surface area contributed by atoms with E-state index in [1.165, 1.54) is 12.1 Å². The van der Waals surface area contributed by atoms with Crippen LogP contribution in [0.25, 0.3) is 0 Å². The smallest absolute Gasteiger partial charge is 0.410 e. The zero-order chi connectivity index (χ0) is 18.9. The van der Waals surface area contributed by atoms with Gasteiger partial charge >= 0.3 is 13.2 Å². The highest BCUT2D eigenvalue weighted by molar-refractivity contribution is 6.62. The molecule has 26 heavy (non-hydrogen) atoms. The van der Waals surface area contributed by atoms with E-state index in [1.807, 2.05) is 33.8 Å². The first-order valence-corrected chi connectivity index (χ1v) is 8.36. The molecule has 0 saturated carbocycles. The first kappa shape index (κ1) is 18.4.